The van der Waals surface area contributed by atoms with Crippen molar-refractivity contribution in [3.63, 3.8) is 0 Å². The Morgan fingerprint density at radius 2 is 2.12 bits per heavy atom. The number of carbonyl (C=O) groups is 2. The second kappa shape index (κ2) is 6.05. The summed E-state index contributed by atoms with van der Waals surface area (Å²) in [6.45, 7) is 5.64. The van der Waals surface area contributed by atoms with E-state index in [1.165, 1.54) is 0 Å². The first-order chi connectivity index (χ1) is 11.3. The number of hydrogen-bond donors (Lipinski definition) is 1. The number of fused-ring (bicyclic) bond motifs is 1. The lowest BCUT2D eigenvalue weighted by Gasteiger charge is -2.28. The van der Waals surface area contributed by atoms with Gasteiger partial charge in [0.15, 0.2) is 0 Å². The SMILES string of the molecule is CC(C)(C)OC(=O)N1CCc2[nH]c(-c3ccncc3Br)cc2C1=O. The summed E-state index contributed by atoms with van der Waals surface area (Å²) in [5.74, 6) is -0.335. The highest BCUT2D eigenvalue weighted by Crippen LogP contribution is 2.30. The van der Waals surface area contributed by atoms with Gasteiger partial charge in [-0.15, -0.1) is 0 Å². The van der Waals surface area contributed by atoms with Crippen LogP contribution in [0.4, 0.5) is 4.79 Å². The average molecular weight is 392 g/mol. The molecule has 3 rings (SSSR count). The smallest absolute Gasteiger partial charge is 0.417 e. The van der Waals surface area contributed by atoms with Crippen LogP contribution in [0.25, 0.3) is 11.3 Å². The van der Waals surface area contributed by atoms with Crippen LogP contribution in [0.5, 0.6) is 0 Å². The second-order valence-corrected chi connectivity index (χ2v) is 7.47. The molecule has 0 bridgehead atoms. The number of nitrogens with one attached hydrogen (secondary N) is 1. The van der Waals surface area contributed by atoms with Crippen molar-refractivity contribution in [2.24, 2.45) is 0 Å². The zero-order valence-electron chi connectivity index (χ0n) is 13.7. The number of amides is 2. The van der Waals surface area contributed by atoms with E-state index >= 15 is 0 Å². The van der Waals surface area contributed by atoms with E-state index in [0.717, 1.165) is 26.3 Å². The Morgan fingerprint density at radius 3 is 2.79 bits per heavy atom. The predicted molar refractivity (Wildman–Crippen MR) is 92.7 cm³/mol. The van der Waals surface area contributed by atoms with Crippen LogP contribution in [0.15, 0.2) is 29.0 Å². The molecule has 0 atom stereocenters. The van der Waals surface area contributed by atoms with E-state index < -0.39 is 11.7 Å². The maximum atomic E-state index is 12.7. The van der Waals surface area contributed by atoms with Crippen LogP contribution >= 0.6 is 15.9 Å². The Kier molecular flexibility index (Phi) is 4.21. The molecule has 7 heteroatoms. The number of aromatic amines is 1. The Balaban J connectivity index is 1.89. The predicted octanol–water partition coefficient (Wildman–Crippen LogP) is 3.77. The Hall–Kier alpha value is -2.15. The molecule has 126 valence electrons. The fourth-order valence-corrected chi connectivity index (χ4v) is 3.05. The number of hydrogen-bond acceptors (Lipinski definition) is 4. The molecule has 6 nitrogen and oxygen atoms in total. The van der Waals surface area contributed by atoms with E-state index in [-0.39, 0.29) is 5.91 Å². The van der Waals surface area contributed by atoms with E-state index in [1.807, 2.05) is 6.07 Å². The normalized spacial score (nSPS) is 14.5. The highest BCUT2D eigenvalue weighted by Gasteiger charge is 2.33. The van der Waals surface area contributed by atoms with Crippen molar-refractivity contribution >= 4 is 27.9 Å². The minimum atomic E-state index is -0.636. The largest absolute Gasteiger partial charge is 0.443 e. The molecular formula is C17H18BrN3O3. The number of ether oxygens (including phenoxy) is 1. The maximum Gasteiger partial charge on any atom is 0.417 e. The number of imide groups is 1. The van der Waals surface area contributed by atoms with Gasteiger partial charge in [0, 0.05) is 46.8 Å². The van der Waals surface area contributed by atoms with Gasteiger partial charge < -0.3 is 9.72 Å². The molecule has 0 saturated heterocycles. The lowest BCUT2D eigenvalue weighted by molar-refractivity contribution is 0.0233. The summed E-state index contributed by atoms with van der Waals surface area (Å²) in [6, 6.07) is 3.63. The molecule has 1 N–H and O–H groups in total. The van der Waals surface area contributed by atoms with Crippen molar-refractivity contribution in [1.82, 2.24) is 14.9 Å². The topological polar surface area (TPSA) is 75.3 Å². The van der Waals surface area contributed by atoms with E-state index in [0.29, 0.717) is 18.5 Å². The molecular weight excluding hydrogens is 374 g/mol. The first-order valence-electron chi connectivity index (χ1n) is 7.63. The molecule has 0 saturated carbocycles. The van der Waals surface area contributed by atoms with Crippen molar-refractivity contribution in [1.29, 1.82) is 0 Å². The first-order valence-corrected chi connectivity index (χ1v) is 8.42. The van der Waals surface area contributed by atoms with Crippen LogP contribution in [-0.4, -0.2) is 39.0 Å². The number of nitrogens with zero attached hydrogens (tertiary/aromatic N) is 2. The summed E-state index contributed by atoms with van der Waals surface area (Å²) in [4.78, 5) is 33.3. The van der Waals surface area contributed by atoms with Gasteiger partial charge in [-0.3, -0.25) is 9.78 Å². The van der Waals surface area contributed by atoms with Crippen LogP contribution in [-0.2, 0) is 11.2 Å². The average Bonchev–Trinajstić information content (AvgIpc) is 2.91. The van der Waals surface area contributed by atoms with Gasteiger partial charge in [0.05, 0.1) is 5.56 Å². The Bertz CT molecular complexity index is 808. The van der Waals surface area contributed by atoms with E-state index in [4.69, 9.17) is 4.74 Å². The lowest BCUT2D eigenvalue weighted by Crippen LogP contribution is -2.44. The molecule has 2 aromatic rings. The Labute approximate surface area is 148 Å². The number of aromatic nitrogens is 2. The summed E-state index contributed by atoms with van der Waals surface area (Å²) in [7, 11) is 0. The molecule has 0 radical (unpaired) electrons. The molecule has 24 heavy (non-hydrogen) atoms. The van der Waals surface area contributed by atoms with Gasteiger partial charge in [0.1, 0.15) is 5.60 Å². The van der Waals surface area contributed by atoms with E-state index in [2.05, 4.69) is 25.9 Å². The van der Waals surface area contributed by atoms with Crippen LogP contribution < -0.4 is 0 Å². The van der Waals surface area contributed by atoms with E-state index in [9.17, 15) is 9.59 Å². The highest BCUT2D eigenvalue weighted by atomic mass is 79.9. The van der Waals surface area contributed by atoms with Gasteiger partial charge in [0.2, 0.25) is 0 Å². The molecule has 2 aromatic heterocycles. The Morgan fingerprint density at radius 1 is 1.38 bits per heavy atom. The van der Waals surface area contributed by atoms with Gasteiger partial charge in [0.25, 0.3) is 5.91 Å². The minimum absolute atomic E-state index is 0.304. The van der Waals surface area contributed by atoms with Gasteiger partial charge in [-0.05, 0) is 48.8 Å². The molecule has 1 aliphatic rings. The fourth-order valence-electron chi connectivity index (χ4n) is 2.59. The fraction of sp³-hybridized carbons (Fsp3) is 0.353. The van der Waals surface area contributed by atoms with Gasteiger partial charge >= 0.3 is 6.09 Å². The molecule has 0 unspecified atom stereocenters. The number of rotatable bonds is 1. The van der Waals surface area contributed by atoms with Crippen LogP contribution in [0.3, 0.4) is 0 Å². The number of pyridine rings is 1. The summed E-state index contributed by atoms with van der Waals surface area (Å²) in [5.41, 5.74) is 2.43. The maximum absolute atomic E-state index is 12.7. The summed E-state index contributed by atoms with van der Waals surface area (Å²) >= 11 is 3.46. The summed E-state index contributed by atoms with van der Waals surface area (Å²) < 4.78 is 6.15. The zero-order chi connectivity index (χ0) is 17.5. The van der Waals surface area contributed by atoms with Crippen LogP contribution in [0.2, 0.25) is 0 Å². The van der Waals surface area contributed by atoms with Crippen molar-refractivity contribution in [3.05, 3.63) is 40.3 Å². The minimum Gasteiger partial charge on any atom is -0.443 e. The number of carbonyl (C=O) groups excluding carboxylic acids is 2. The first kappa shape index (κ1) is 16.7. The van der Waals surface area contributed by atoms with Crippen molar-refractivity contribution < 1.29 is 14.3 Å². The molecule has 1 aliphatic heterocycles. The monoisotopic (exact) mass is 391 g/mol. The summed E-state index contributed by atoms with van der Waals surface area (Å²) in [6.07, 6.45) is 3.35. The standard InChI is InChI=1S/C17H18BrN3O3/c1-17(2,3)24-16(23)21-7-5-13-11(15(21)22)8-14(20-13)10-4-6-19-9-12(10)18/h4,6,8-9,20H,5,7H2,1-3H3. The number of H-pyrrole nitrogens is 1. The van der Waals surface area contributed by atoms with Gasteiger partial charge in [-0.1, -0.05) is 0 Å². The third kappa shape index (κ3) is 3.21. The van der Waals surface area contributed by atoms with Crippen molar-refractivity contribution in [2.75, 3.05) is 6.54 Å². The van der Waals surface area contributed by atoms with Crippen molar-refractivity contribution in [2.45, 2.75) is 32.8 Å². The lowest BCUT2D eigenvalue weighted by atomic mass is 10.1. The molecule has 0 aliphatic carbocycles. The molecule has 3 heterocycles. The number of halogens is 1. The molecule has 0 aromatic carbocycles. The quantitative estimate of drug-likeness (QED) is 0.802. The highest BCUT2D eigenvalue weighted by molar-refractivity contribution is 9.10. The molecule has 2 amide bonds. The van der Waals surface area contributed by atoms with Gasteiger partial charge in [-0.25, -0.2) is 9.69 Å². The van der Waals surface area contributed by atoms with Gasteiger partial charge in [-0.2, -0.15) is 0 Å². The third-order valence-electron chi connectivity index (χ3n) is 3.64. The second-order valence-electron chi connectivity index (χ2n) is 6.62. The zero-order valence-corrected chi connectivity index (χ0v) is 15.3. The van der Waals surface area contributed by atoms with Crippen molar-refractivity contribution in [3.8, 4) is 11.3 Å². The summed E-state index contributed by atoms with van der Waals surface area (Å²) in [5, 5.41) is 0. The third-order valence-corrected chi connectivity index (χ3v) is 4.27. The van der Waals surface area contributed by atoms with Crippen LogP contribution in [0.1, 0.15) is 36.8 Å². The molecule has 0 spiro atoms. The van der Waals surface area contributed by atoms with E-state index in [1.54, 1.807) is 39.2 Å². The van der Waals surface area contributed by atoms with Crippen LogP contribution in [0, 0.1) is 0 Å². The molecule has 0 fully saturated rings.